The largest absolute Gasteiger partial charge is 0.198 e. The lowest BCUT2D eigenvalue weighted by Crippen LogP contribution is -2.26. The van der Waals surface area contributed by atoms with Crippen LogP contribution < -0.4 is 0 Å². The fourth-order valence-corrected chi connectivity index (χ4v) is 4.35. The Labute approximate surface area is 119 Å². The van der Waals surface area contributed by atoms with Gasteiger partial charge >= 0.3 is 0 Å². The number of rotatable bonds is 4. The Morgan fingerprint density at radius 1 is 0.947 bits per heavy atom. The average molecular weight is 261 g/mol. The maximum atomic E-state index is 8.98. The molecule has 0 radical (unpaired) electrons. The molecule has 0 aromatic rings. The second kappa shape index (κ2) is 7.32. The van der Waals surface area contributed by atoms with Crippen LogP contribution in [0.4, 0.5) is 0 Å². The SMILES string of the molecule is CC[C@@H](C)CC1CCC(C2CCC(C#N)CC2)CC1. The third kappa shape index (κ3) is 4.23. The predicted molar refractivity (Wildman–Crippen MR) is 80.6 cm³/mol. The van der Waals surface area contributed by atoms with Crippen LogP contribution >= 0.6 is 0 Å². The molecule has 1 heteroatoms. The van der Waals surface area contributed by atoms with Gasteiger partial charge in [0.15, 0.2) is 0 Å². The van der Waals surface area contributed by atoms with Crippen LogP contribution in [0, 0.1) is 40.9 Å². The van der Waals surface area contributed by atoms with E-state index < -0.39 is 0 Å². The van der Waals surface area contributed by atoms with E-state index in [9.17, 15) is 0 Å². The van der Waals surface area contributed by atoms with Gasteiger partial charge in [-0.1, -0.05) is 33.1 Å². The summed E-state index contributed by atoms with van der Waals surface area (Å²) in [6, 6.07) is 2.46. The van der Waals surface area contributed by atoms with Crippen molar-refractivity contribution in [2.24, 2.45) is 29.6 Å². The van der Waals surface area contributed by atoms with Crippen molar-refractivity contribution in [1.82, 2.24) is 0 Å². The summed E-state index contributed by atoms with van der Waals surface area (Å²) in [5.41, 5.74) is 0. The Balaban J connectivity index is 1.70. The van der Waals surface area contributed by atoms with Crippen LogP contribution in [0.3, 0.4) is 0 Å². The van der Waals surface area contributed by atoms with Crippen molar-refractivity contribution in [1.29, 1.82) is 5.26 Å². The molecule has 0 spiro atoms. The summed E-state index contributed by atoms with van der Waals surface area (Å²) in [4.78, 5) is 0. The molecule has 0 heterocycles. The zero-order chi connectivity index (χ0) is 13.7. The van der Waals surface area contributed by atoms with E-state index in [-0.39, 0.29) is 0 Å². The van der Waals surface area contributed by atoms with Gasteiger partial charge in [0.1, 0.15) is 0 Å². The summed E-state index contributed by atoms with van der Waals surface area (Å²) >= 11 is 0. The molecular formula is C18H31N. The lowest BCUT2D eigenvalue weighted by Gasteiger charge is -2.37. The van der Waals surface area contributed by atoms with Crippen molar-refractivity contribution in [3.05, 3.63) is 0 Å². The fraction of sp³-hybridized carbons (Fsp3) is 0.944. The molecular weight excluding hydrogens is 230 g/mol. The normalized spacial score (nSPS) is 37.5. The third-order valence-corrected chi connectivity index (χ3v) is 5.95. The molecule has 2 saturated carbocycles. The van der Waals surface area contributed by atoms with Gasteiger partial charge in [0.2, 0.25) is 0 Å². The Hall–Kier alpha value is -0.510. The van der Waals surface area contributed by atoms with Crippen LogP contribution in [0.5, 0.6) is 0 Å². The number of nitrogens with zero attached hydrogens (tertiary/aromatic N) is 1. The molecule has 2 rings (SSSR count). The topological polar surface area (TPSA) is 23.8 Å². The highest BCUT2D eigenvalue weighted by atomic mass is 14.4. The van der Waals surface area contributed by atoms with Crippen molar-refractivity contribution in [3.63, 3.8) is 0 Å². The van der Waals surface area contributed by atoms with E-state index in [0.29, 0.717) is 5.92 Å². The summed E-state index contributed by atoms with van der Waals surface area (Å²) in [5, 5.41) is 8.98. The molecule has 0 bridgehead atoms. The fourth-order valence-electron chi connectivity index (χ4n) is 4.35. The second-order valence-corrected chi connectivity index (χ2v) is 7.27. The molecule has 0 aliphatic heterocycles. The van der Waals surface area contributed by atoms with E-state index >= 15 is 0 Å². The molecule has 1 nitrogen and oxygen atoms in total. The summed E-state index contributed by atoms with van der Waals surface area (Å²) in [5.74, 6) is 4.26. The quantitative estimate of drug-likeness (QED) is 0.650. The molecule has 108 valence electrons. The van der Waals surface area contributed by atoms with Gasteiger partial charge in [0.05, 0.1) is 6.07 Å². The first-order chi connectivity index (χ1) is 9.22. The molecule has 1 atom stereocenters. The van der Waals surface area contributed by atoms with Crippen molar-refractivity contribution in [2.75, 3.05) is 0 Å². The van der Waals surface area contributed by atoms with E-state index in [2.05, 4.69) is 19.9 Å². The van der Waals surface area contributed by atoms with Gasteiger partial charge in [-0.15, -0.1) is 0 Å². The molecule has 0 aromatic carbocycles. The van der Waals surface area contributed by atoms with Gasteiger partial charge in [-0.05, 0) is 68.6 Å². The second-order valence-electron chi connectivity index (χ2n) is 7.27. The third-order valence-electron chi connectivity index (χ3n) is 5.95. The van der Waals surface area contributed by atoms with Crippen molar-refractivity contribution < 1.29 is 0 Å². The number of nitriles is 1. The molecule has 19 heavy (non-hydrogen) atoms. The zero-order valence-electron chi connectivity index (χ0n) is 12.9. The van der Waals surface area contributed by atoms with Crippen LogP contribution in [0.1, 0.15) is 78.1 Å². The molecule has 0 amide bonds. The van der Waals surface area contributed by atoms with Crippen LogP contribution in [-0.4, -0.2) is 0 Å². The lowest BCUT2D eigenvalue weighted by atomic mass is 9.68. The maximum absolute atomic E-state index is 8.98. The van der Waals surface area contributed by atoms with Gasteiger partial charge in [-0.25, -0.2) is 0 Å². The van der Waals surface area contributed by atoms with Gasteiger partial charge < -0.3 is 0 Å². The summed E-state index contributed by atoms with van der Waals surface area (Å²) < 4.78 is 0. The Bertz CT molecular complexity index is 287. The summed E-state index contributed by atoms with van der Waals surface area (Å²) in [7, 11) is 0. The zero-order valence-corrected chi connectivity index (χ0v) is 12.9. The Morgan fingerprint density at radius 2 is 1.47 bits per heavy atom. The monoisotopic (exact) mass is 261 g/mol. The van der Waals surface area contributed by atoms with Gasteiger partial charge in [-0.2, -0.15) is 5.26 Å². The Morgan fingerprint density at radius 3 is 1.95 bits per heavy atom. The van der Waals surface area contributed by atoms with Crippen molar-refractivity contribution in [3.8, 4) is 6.07 Å². The van der Waals surface area contributed by atoms with E-state index in [4.69, 9.17) is 5.26 Å². The summed E-state index contributed by atoms with van der Waals surface area (Å²) in [6.07, 6.45) is 13.7. The molecule has 2 aliphatic rings. The lowest BCUT2D eigenvalue weighted by molar-refractivity contribution is 0.147. The van der Waals surface area contributed by atoms with Crippen molar-refractivity contribution >= 4 is 0 Å². The minimum absolute atomic E-state index is 0.373. The van der Waals surface area contributed by atoms with Crippen LogP contribution in [0.15, 0.2) is 0 Å². The van der Waals surface area contributed by atoms with E-state index in [1.807, 2.05) is 0 Å². The molecule has 2 fully saturated rings. The molecule has 0 unspecified atom stereocenters. The highest BCUT2D eigenvalue weighted by molar-refractivity contribution is 4.89. The Kier molecular flexibility index (Phi) is 5.74. The highest BCUT2D eigenvalue weighted by Gasteiger charge is 2.30. The minimum Gasteiger partial charge on any atom is -0.198 e. The first-order valence-electron chi connectivity index (χ1n) is 8.62. The molecule has 0 aromatic heterocycles. The molecule has 0 saturated heterocycles. The number of hydrogen-bond donors (Lipinski definition) is 0. The van der Waals surface area contributed by atoms with Crippen LogP contribution in [0.2, 0.25) is 0 Å². The van der Waals surface area contributed by atoms with Crippen molar-refractivity contribution in [2.45, 2.75) is 78.1 Å². The van der Waals surface area contributed by atoms with Crippen LogP contribution in [-0.2, 0) is 0 Å². The highest BCUT2D eigenvalue weighted by Crippen LogP contribution is 2.42. The first-order valence-corrected chi connectivity index (χ1v) is 8.62. The predicted octanol–water partition coefficient (Wildman–Crippen LogP) is 5.56. The van der Waals surface area contributed by atoms with E-state index in [0.717, 1.165) is 23.7 Å². The van der Waals surface area contributed by atoms with Crippen LogP contribution in [0.25, 0.3) is 0 Å². The minimum atomic E-state index is 0.373. The smallest absolute Gasteiger partial charge is 0.0655 e. The summed E-state index contributed by atoms with van der Waals surface area (Å²) in [6.45, 7) is 4.74. The van der Waals surface area contributed by atoms with Gasteiger partial charge in [0, 0.05) is 5.92 Å². The van der Waals surface area contributed by atoms with Gasteiger partial charge in [-0.3, -0.25) is 0 Å². The van der Waals surface area contributed by atoms with Gasteiger partial charge in [0.25, 0.3) is 0 Å². The standard InChI is InChI=1S/C18H31N/c1-3-14(2)12-15-4-8-17(9-5-15)18-10-6-16(13-19)7-11-18/h14-18H,3-12H2,1-2H3/t14-,15?,16?,17?,18?/m1/s1. The molecule has 0 N–H and O–H groups in total. The number of hydrogen-bond acceptors (Lipinski definition) is 1. The maximum Gasteiger partial charge on any atom is 0.0655 e. The van der Waals surface area contributed by atoms with E-state index in [1.165, 1.54) is 64.2 Å². The molecule has 2 aliphatic carbocycles. The average Bonchev–Trinajstić information content (AvgIpc) is 2.48. The first kappa shape index (κ1) is 14.9. The van der Waals surface area contributed by atoms with E-state index in [1.54, 1.807) is 0 Å².